The van der Waals surface area contributed by atoms with Gasteiger partial charge in [-0.05, 0) is 12.8 Å². The molecule has 106 valence electrons. The number of aromatic nitrogens is 2. The molecule has 1 N–H and O–H groups in total. The third-order valence-electron chi connectivity index (χ3n) is 3.59. The van der Waals surface area contributed by atoms with Crippen LogP contribution < -0.4 is 0 Å². The average Bonchev–Trinajstić information content (AvgIpc) is 3.04. The van der Waals surface area contributed by atoms with Gasteiger partial charge in [0.1, 0.15) is 16.2 Å². The zero-order valence-electron chi connectivity index (χ0n) is 9.79. The number of fused-ring (bicyclic) bond motifs is 1. The van der Waals surface area contributed by atoms with E-state index in [1.54, 1.807) is 0 Å². The number of hydrogen-bond donors (Lipinski definition) is 1. The molecule has 0 aliphatic heterocycles. The minimum atomic E-state index is -4.45. The number of nitro groups is 1. The van der Waals surface area contributed by atoms with Crippen molar-refractivity contribution in [3.63, 3.8) is 0 Å². The Morgan fingerprint density at radius 1 is 1.45 bits per heavy atom. The number of aromatic amines is 1. The lowest BCUT2D eigenvalue weighted by molar-refractivity contribution is -0.383. The minimum Gasteiger partial charge on any atom is -0.346 e. The van der Waals surface area contributed by atoms with Crippen molar-refractivity contribution in [2.75, 3.05) is 0 Å². The van der Waals surface area contributed by atoms with Crippen molar-refractivity contribution in [3.8, 4) is 0 Å². The predicted octanol–water partition coefficient (Wildman–Crippen LogP) is 3.72. The minimum absolute atomic E-state index is 0.00488. The second-order valence-corrected chi connectivity index (χ2v) is 5.11. The van der Waals surface area contributed by atoms with Crippen LogP contribution in [0.2, 0.25) is 5.15 Å². The Hall–Kier alpha value is -1.83. The molecule has 5 nitrogen and oxygen atoms in total. The van der Waals surface area contributed by atoms with E-state index in [2.05, 4.69) is 9.97 Å². The van der Waals surface area contributed by atoms with E-state index in [9.17, 15) is 23.3 Å². The van der Waals surface area contributed by atoms with Gasteiger partial charge in [-0.15, -0.1) is 0 Å². The normalized spacial score (nSPS) is 17.4. The number of H-pyrrole nitrogens is 1. The topological polar surface area (TPSA) is 71.8 Å². The zero-order valence-corrected chi connectivity index (χ0v) is 10.5. The van der Waals surface area contributed by atoms with E-state index in [0.717, 1.165) is 12.3 Å². The molecule has 0 bridgehead atoms. The Balaban J connectivity index is 2.32. The second-order valence-electron chi connectivity index (χ2n) is 4.73. The van der Waals surface area contributed by atoms with Gasteiger partial charge in [-0.25, -0.2) is 4.98 Å². The Labute approximate surface area is 114 Å². The van der Waals surface area contributed by atoms with E-state index in [0.29, 0.717) is 0 Å². The number of halogens is 4. The first-order valence-electron chi connectivity index (χ1n) is 5.65. The van der Waals surface area contributed by atoms with E-state index in [4.69, 9.17) is 11.6 Å². The van der Waals surface area contributed by atoms with Crippen LogP contribution in [0.3, 0.4) is 0 Å². The number of rotatable bonds is 2. The van der Waals surface area contributed by atoms with Crippen molar-refractivity contribution in [3.05, 3.63) is 33.1 Å². The quantitative estimate of drug-likeness (QED) is 0.522. The van der Waals surface area contributed by atoms with Gasteiger partial charge >= 0.3 is 6.18 Å². The van der Waals surface area contributed by atoms with E-state index in [1.807, 2.05) is 0 Å². The number of nitrogens with one attached hydrogen (secondary N) is 1. The summed E-state index contributed by atoms with van der Waals surface area (Å²) in [6.45, 7) is 0. The third kappa shape index (κ3) is 1.67. The van der Waals surface area contributed by atoms with Gasteiger partial charge < -0.3 is 4.98 Å². The molecule has 1 aliphatic carbocycles. The molecule has 9 heteroatoms. The highest BCUT2D eigenvalue weighted by atomic mass is 35.5. The summed E-state index contributed by atoms with van der Waals surface area (Å²) in [6, 6.07) is 0.966. The van der Waals surface area contributed by atoms with E-state index in [1.165, 1.54) is 0 Å². The largest absolute Gasteiger partial charge is 0.398 e. The summed E-state index contributed by atoms with van der Waals surface area (Å²) in [5, 5.41) is 10.8. The highest BCUT2D eigenvalue weighted by Gasteiger charge is 2.65. The zero-order chi connectivity index (χ0) is 14.7. The fourth-order valence-corrected chi connectivity index (χ4v) is 2.62. The van der Waals surface area contributed by atoms with Gasteiger partial charge in [0.15, 0.2) is 0 Å². The van der Waals surface area contributed by atoms with Crippen molar-refractivity contribution in [2.45, 2.75) is 24.4 Å². The van der Waals surface area contributed by atoms with Crippen molar-refractivity contribution in [2.24, 2.45) is 0 Å². The lowest BCUT2D eigenvalue weighted by Gasteiger charge is -2.18. The first-order valence-corrected chi connectivity index (χ1v) is 6.03. The maximum Gasteiger partial charge on any atom is 0.398 e. The van der Waals surface area contributed by atoms with Gasteiger partial charge in [0.05, 0.1) is 16.4 Å². The van der Waals surface area contributed by atoms with E-state index >= 15 is 0 Å². The molecular formula is C11H7ClF3N3O2. The van der Waals surface area contributed by atoms with Crippen molar-refractivity contribution in [1.82, 2.24) is 9.97 Å². The Bertz CT molecular complexity index is 722. The number of hydrogen-bond acceptors (Lipinski definition) is 3. The predicted molar refractivity (Wildman–Crippen MR) is 64.7 cm³/mol. The van der Waals surface area contributed by atoms with Gasteiger partial charge in [0, 0.05) is 11.8 Å². The van der Waals surface area contributed by atoms with Crippen molar-refractivity contribution in [1.29, 1.82) is 0 Å². The summed E-state index contributed by atoms with van der Waals surface area (Å²) in [5.41, 5.74) is -2.61. The summed E-state index contributed by atoms with van der Waals surface area (Å²) in [5.74, 6) is 0. The second kappa shape index (κ2) is 3.85. The molecule has 1 saturated carbocycles. The molecule has 0 radical (unpaired) electrons. The van der Waals surface area contributed by atoms with Gasteiger partial charge in [-0.3, -0.25) is 10.1 Å². The van der Waals surface area contributed by atoms with Gasteiger partial charge in [-0.2, -0.15) is 13.2 Å². The summed E-state index contributed by atoms with van der Waals surface area (Å²) < 4.78 is 39.5. The van der Waals surface area contributed by atoms with Gasteiger partial charge in [-0.1, -0.05) is 11.6 Å². The summed E-state index contributed by atoms with van der Waals surface area (Å²) >= 11 is 5.64. The summed E-state index contributed by atoms with van der Waals surface area (Å²) in [6.07, 6.45) is -3.47. The molecule has 0 unspecified atom stereocenters. The van der Waals surface area contributed by atoms with E-state index in [-0.39, 0.29) is 34.6 Å². The van der Waals surface area contributed by atoms with Crippen molar-refractivity contribution >= 4 is 28.3 Å². The maximum atomic E-state index is 13.2. The van der Waals surface area contributed by atoms with Crippen LogP contribution >= 0.6 is 11.6 Å². The Morgan fingerprint density at radius 2 is 2.10 bits per heavy atom. The van der Waals surface area contributed by atoms with Crippen LogP contribution in [0.25, 0.3) is 11.0 Å². The van der Waals surface area contributed by atoms with Crippen LogP contribution in [-0.2, 0) is 5.41 Å². The molecule has 2 aromatic rings. The molecular weight excluding hydrogens is 299 g/mol. The smallest absolute Gasteiger partial charge is 0.346 e. The summed E-state index contributed by atoms with van der Waals surface area (Å²) in [7, 11) is 0. The molecule has 0 atom stereocenters. The maximum absolute atomic E-state index is 13.2. The molecule has 0 aromatic carbocycles. The summed E-state index contributed by atoms with van der Waals surface area (Å²) in [4.78, 5) is 16.6. The van der Waals surface area contributed by atoms with Crippen LogP contribution in [0, 0.1) is 10.1 Å². The lowest BCUT2D eigenvalue weighted by Crippen LogP contribution is -2.28. The molecule has 1 fully saturated rings. The molecule has 0 saturated heterocycles. The first kappa shape index (κ1) is 13.2. The SMILES string of the molecule is O=[N+]([O-])c1cc(Cl)nc2[nH]cc(C3(C(F)(F)F)CC3)c12. The fourth-order valence-electron chi connectivity index (χ4n) is 2.44. The number of nitrogens with zero attached hydrogens (tertiary/aromatic N) is 2. The lowest BCUT2D eigenvalue weighted by atomic mass is 9.95. The Kier molecular flexibility index (Phi) is 2.53. The molecule has 0 amide bonds. The van der Waals surface area contributed by atoms with Crippen LogP contribution in [0.5, 0.6) is 0 Å². The van der Waals surface area contributed by atoms with E-state index < -0.39 is 22.2 Å². The molecule has 20 heavy (non-hydrogen) atoms. The van der Waals surface area contributed by atoms with Crippen LogP contribution in [0.1, 0.15) is 18.4 Å². The highest BCUT2D eigenvalue weighted by Crippen LogP contribution is 2.60. The first-order chi connectivity index (χ1) is 9.26. The monoisotopic (exact) mass is 305 g/mol. The van der Waals surface area contributed by atoms with Crippen molar-refractivity contribution < 1.29 is 18.1 Å². The number of alkyl halides is 3. The highest BCUT2D eigenvalue weighted by molar-refractivity contribution is 6.30. The molecule has 3 rings (SSSR count). The molecule has 1 aliphatic rings. The van der Waals surface area contributed by atoms with Crippen LogP contribution in [0.15, 0.2) is 12.3 Å². The fraction of sp³-hybridized carbons (Fsp3) is 0.364. The standard InChI is InChI=1S/C11H7ClF3N3O2/c12-7-3-6(18(19)20)8-5(4-16-9(8)17-7)10(1-2-10)11(13,14)15/h3-4H,1-2H2,(H,16,17). The molecule has 2 heterocycles. The van der Waals surface area contributed by atoms with Gasteiger partial charge in [0.2, 0.25) is 0 Å². The third-order valence-corrected chi connectivity index (χ3v) is 3.79. The number of pyridine rings is 1. The van der Waals surface area contributed by atoms with Gasteiger partial charge in [0.25, 0.3) is 5.69 Å². The van der Waals surface area contributed by atoms with Crippen LogP contribution in [0.4, 0.5) is 18.9 Å². The average molecular weight is 306 g/mol. The Morgan fingerprint density at radius 3 is 2.60 bits per heavy atom. The molecule has 0 spiro atoms. The van der Waals surface area contributed by atoms with Crippen LogP contribution in [-0.4, -0.2) is 21.1 Å². The molecule has 2 aromatic heterocycles.